The molecular weight excluding hydrogens is 258 g/mol. The summed E-state index contributed by atoms with van der Waals surface area (Å²) in [5.74, 6) is 1.07. The predicted molar refractivity (Wildman–Crippen MR) is 88.5 cm³/mol. The molecule has 0 aliphatic rings. The number of benzene rings is 1. The Morgan fingerprint density at radius 2 is 1.71 bits per heavy atom. The fourth-order valence-electron chi connectivity index (χ4n) is 2.29. The van der Waals surface area contributed by atoms with E-state index in [1.165, 1.54) is 16.8 Å². The molecule has 3 nitrogen and oxygen atoms in total. The van der Waals surface area contributed by atoms with Crippen LogP contribution in [0.25, 0.3) is 0 Å². The lowest BCUT2D eigenvalue weighted by molar-refractivity contribution is 0.416. The highest BCUT2D eigenvalue weighted by Gasteiger charge is 2.12. The van der Waals surface area contributed by atoms with Gasteiger partial charge >= 0.3 is 0 Å². The second kappa shape index (κ2) is 6.44. The number of aryl methyl sites for hydroxylation is 2. The van der Waals surface area contributed by atoms with Gasteiger partial charge in [0.1, 0.15) is 5.82 Å². The van der Waals surface area contributed by atoms with Crippen molar-refractivity contribution in [3.05, 3.63) is 53.1 Å². The zero-order chi connectivity index (χ0) is 15.5. The summed E-state index contributed by atoms with van der Waals surface area (Å²) in [7, 11) is 0. The topological polar surface area (TPSA) is 29.9 Å². The van der Waals surface area contributed by atoms with Crippen molar-refractivity contribution in [3.8, 4) is 0 Å². The minimum Gasteiger partial charge on any atom is -0.327 e. The molecule has 1 aromatic carbocycles. The van der Waals surface area contributed by atoms with Crippen molar-refractivity contribution in [2.24, 2.45) is 0 Å². The Labute approximate surface area is 128 Å². The normalized spacial score (nSPS) is 11.9. The van der Waals surface area contributed by atoms with Crippen LogP contribution in [0.1, 0.15) is 50.3 Å². The highest BCUT2D eigenvalue weighted by Crippen LogP contribution is 2.12. The minimum absolute atomic E-state index is 0.117. The molecule has 0 unspecified atom stereocenters. The van der Waals surface area contributed by atoms with E-state index in [1.54, 1.807) is 0 Å². The highest BCUT2D eigenvalue weighted by atomic mass is 15.1. The molecule has 0 aliphatic heterocycles. The molecule has 0 amide bonds. The Bertz CT molecular complexity index is 574. The monoisotopic (exact) mass is 285 g/mol. The third-order valence-corrected chi connectivity index (χ3v) is 3.71. The summed E-state index contributed by atoms with van der Waals surface area (Å²) in [6.45, 7) is 12.5. The van der Waals surface area contributed by atoms with E-state index in [0.717, 1.165) is 25.3 Å². The van der Waals surface area contributed by atoms with Crippen LogP contribution in [-0.4, -0.2) is 15.1 Å². The van der Waals surface area contributed by atoms with Crippen LogP contribution in [0.15, 0.2) is 30.5 Å². The summed E-state index contributed by atoms with van der Waals surface area (Å²) < 4.78 is 2.29. The molecule has 0 spiro atoms. The van der Waals surface area contributed by atoms with Crippen LogP contribution in [0.4, 0.5) is 0 Å². The average Bonchev–Trinajstić information content (AvgIpc) is 2.78. The van der Waals surface area contributed by atoms with Gasteiger partial charge in [-0.2, -0.15) is 0 Å². The standard InChI is InChI=1S/C18H27N3/c1-6-15-7-9-16(10-8-15)13-21-14(2)19-11-17(21)12-20-18(3,4)5/h7-11,20H,6,12-13H2,1-5H3. The number of aromatic nitrogens is 2. The lowest BCUT2D eigenvalue weighted by Crippen LogP contribution is -2.35. The lowest BCUT2D eigenvalue weighted by Gasteiger charge is -2.21. The van der Waals surface area contributed by atoms with Crippen molar-refractivity contribution in [1.29, 1.82) is 0 Å². The van der Waals surface area contributed by atoms with Crippen LogP contribution in [0.3, 0.4) is 0 Å². The van der Waals surface area contributed by atoms with E-state index in [0.29, 0.717) is 0 Å². The number of hydrogen-bond donors (Lipinski definition) is 1. The summed E-state index contributed by atoms with van der Waals surface area (Å²) in [4.78, 5) is 4.47. The van der Waals surface area contributed by atoms with E-state index in [2.05, 4.69) is 73.8 Å². The molecule has 2 rings (SSSR count). The Kier molecular flexibility index (Phi) is 4.84. The Morgan fingerprint density at radius 1 is 1.10 bits per heavy atom. The molecule has 0 fully saturated rings. The van der Waals surface area contributed by atoms with Gasteiger partial charge in [0.2, 0.25) is 0 Å². The van der Waals surface area contributed by atoms with Crippen molar-refractivity contribution in [3.63, 3.8) is 0 Å². The molecule has 1 aromatic heterocycles. The number of hydrogen-bond acceptors (Lipinski definition) is 2. The molecule has 1 N–H and O–H groups in total. The highest BCUT2D eigenvalue weighted by molar-refractivity contribution is 5.23. The summed E-state index contributed by atoms with van der Waals surface area (Å²) in [6.07, 6.45) is 3.07. The van der Waals surface area contributed by atoms with Crippen molar-refractivity contribution < 1.29 is 0 Å². The van der Waals surface area contributed by atoms with Gasteiger partial charge in [-0.1, -0.05) is 31.2 Å². The van der Waals surface area contributed by atoms with Crippen molar-refractivity contribution in [2.45, 2.75) is 59.7 Å². The van der Waals surface area contributed by atoms with E-state index in [-0.39, 0.29) is 5.54 Å². The van der Waals surface area contributed by atoms with Gasteiger partial charge in [0, 0.05) is 24.8 Å². The summed E-state index contributed by atoms with van der Waals surface area (Å²) in [6, 6.07) is 8.88. The molecule has 0 saturated carbocycles. The maximum atomic E-state index is 4.47. The van der Waals surface area contributed by atoms with E-state index >= 15 is 0 Å². The van der Waals surface area contributed by atoms with Crippen molar-refractivity contribution in [1.82, 2.24) is 14.9 Å². The molecule has 2 aromatic rings. The zero-order valence-corrected chi connectivity index (χ0v) is 13.9. The third-order valence-electron chi connectivity index (χ3n) is 3.71. The number of rotatable bonds is 5. The lowest BCUT2D eigenvalue weighted by atomic mass is 10.1. The molecule has 3 heteroatoms. The van der Waals surface area contributed by atoms with E-state index in [1.807, 2.05) is 6.20 Å². The maximum absolute atomic E-state index is 4.47. The zero-order valence-electron chi connectivity index (χ0n) is 13.9. The largest absolute Gasteiger partial charge is 0.327 e. The first-order chi connectivity index (χ1) is 9.89. The number of nitrogens with one attached hydrogen (secondary N) is 1. The van der Waals surface area contributed by atoms with Gasteiger partial charge in [0.25, 0.3) is 0 Å². The second-order valence-corrected chi connectivity index (χ2v) is 6.66. The van der Waals surface area contributed by atoms with Gasteiger partial charge in [0.05, 0.1) is 5.69 Å². The maximum Gasteiger partial charge on any atom is 0.106 e. The molecule has 114 valence electrons. The summed E-state index contributed by atoms with van der Waals surface area (Å²) in [5.41, 5.74) is 4.06. The van der Waals surface area contributed by atoms with Crippen molar-refractivity contribution in [2.75, 3.05) is 0 Å². The van der Waals surface area contributed by atoms with Crippen LogP contribution < -0.4 is 5.32 Å². The second-order valence-electron chi connectivity index (χ2n) is 6.66. The van der Waals surface area contributed by atoms with Crippen LogP contribution in [0.5, 0.6) is 0 Å². The molecule has 0 radical (unpaired) electrons. The number of nitrogens with zero attached hydrogens (tertiary/aromatic N) is 2. The molecule has 0 atom stereocenters. The van der Waals surface area contributed by atoms with Crippen LogP contribution in [0.2, 0.25) is 0 Å². The quantitative estimate of drug-likeness (QED) is 0.908. The van der Waals surface area contributed by atoms with E-state index in [4.69, 9.17) is 0 Å². The first-order valence-corrected chi connectivity index (χ1v) is 7.73. The van der Waals surface area contributed by atoms with E-state index < -0.39 is 0 Å². The summed E-state index contributed by atoms with van der Waals surface area (Å²) in [5, 5.41) is 3.54. The Morgan fingerprint density at radius 3 is 2.29 bits per heavy atom. The van der Waals surface area contributed by atoms with Crippen molar-refractivity contribution >= 4 is 0 Å². The smallest absolute Gasteiger partial charge is 0.106 e. The van der Waals surface area contributed by atoms with Gasteiger partial charge in [0.15, 0.2) is 0 Å². The fourth-order valence-corrected chi connectivity index (χ4v) is 2.29. The SMILES string of the molecule is CCc1ccc(Cn2c(CNC(C)(C)C)cnc2C)cc1. The molecule has 0 aliphatic carbocycles. The van der Waals surface area contributed by atoms with Gasteiger partial charge in [-0.05, 0) is 45.2 Å². The van der Waals surface area contributed by atoms with Crippen LogP contribution in [-0.2, 0) is 19.5 Å². The predicted octanol–water partition coefficient (Wildman–Crippen LogP) is 3.69. The van der Waals surface area contributed by atoms with Crippen LogP contribution >= 0.6 is 0 Å². The molecule has 21 heavy (non-hydrogen) atoms. The van der Waals surface area contributed by atoms with Gasteiger partial charge in [-0.25, -0.2) is 4.98 Å². The average molecular weight is 285 g/mol. The van der Waals surface area contributed by atoms with Gasteiger partial charge in [-0.3, -0.25) is 0 Å². The number of imidazole rings is 1. The third kappa shape index (κ3) is 4.43. The van der Waals surface area contributed by atoms with Gasteiger partial charge < -0.3 is 9.88 Å². The minimum atomic E-state index is 0.117. The fraction of sp³-hybridized carbons (Fsp3) is 0.500. The molecule has 0 bridgehead atoms. The molecule has 0 saturated heterocycles. The Balaban J connectivity index is 2.13. The first kappa shape index (κ1) is 15.8. The molecular formula is C18H27N3. The first-order valence-electron chi connectivity index (χ1n) is 7.73. The summed E-state index contributed by atoms with van der Waals surface area (Å²) >= 11 is 0. The van der Waals surface area contributed by atoms with Gasteiger partial charge in [-0.15, -0.1) is 0 Å². The molecule has 1 heterocycles. The van der Waals surface area contributed by atoms with Crippen LogP contribution in [0, 0.1) is 6.92 Å². The Hall–Kier alpha value is -1.61. The van der Waals surface area contributed by atoms with E-state index in [9.17, 15) is 0 Å².